The third-order valence-corrected chi connectivity index (χ3v) is 2.77. The van der Waals surface area contributed by atoms with Crippen LogP contribution in [0.2, 0.25) is 0 Å². The van der Waals surface area contributed by atoms with E-state index < -0.39 is 0 Å². The Bertz CT molecular complexity index is 439. The fourth-order valence-corrected chi connectivity index (χ4v) is 1.81. The van der Waals surface area contributed by atoms with Gasteiger partial charge in [-0.05, 0) is 13.8 Å². The van der Waals surface area contributed by atoms with E-state index in [1.54, 1.807) is 12.0 Å². The van der Waals surface area contributed by atoms with Gasteiger partial charge in [-0.1, -0.05) is 0 Å². The highest BCUT2D eigenvalue weighted by Crippen LogP contribution is 2.20. The first kappa shape index (κ1) is 16.2. The molecule has 7 heteroatoms. The number of carbonyl (C=O) groups excluding carboxylic acids is 1. The van der Waals surface area contributed by atoms with Crippen molar-refractivity contribution in [2.75, 3.05) is 50.6 Å². The molecule has 7 nitrogen and oxygen atoms in total. The first-order valence-corrected chi connectivity index (χ1v) is 6.62. The zero-order chi connectivity index (χ0) is 15.0. The van der Waals surface area contributed by atoms with Gasteiger partial charge in [0.1, 0.15) is 18.0 Å². The molecule has 0 radical (unpaired) electrons. The molecule has 0 aromatic carbocycles. The van der Waals surface area contributed by atoms with Crippen molar-refractivity contribution in [1.82, 2.24) is 15.3 Å². The highest BCUT2D eigenvalue weighted by Gasteiger charge is 2.13. The van der Waals surface area contributed by atoms with Crippen LogP contribution < -0.4 is 15.5 Å². The number of methoxy groups -OCH3 is 1. The van der Waals surface area contributed by atoms with Crippen molar-refractivity contribution in [3.63, 3.8) is 0 Å². The van der Waals surface area contributed by atoms with E-state index in [-0.39, 0.29) is 12.5 Å². The zero-order valence-electron chi connectivity index (χ0n) is 12.6. The van der Waals surface area contributed by atoms with Gasteiger partial charge in [0, 0.05) is 32.8 Å². The van der Waals surface area contributed by atoms with Gasteiger partial charge in [0.15, 0.2) is 0 Å². The molecule has 0 saturated carbocycles. The lowest BCUT2D eigenvalue weighted by molar-refractivity contribution is -0.119. The molecule has 0 saturated heterocycles. The molecule has 0 unspecified atom stereocenters. The first-order chi connectivity index (χ1) is 9.60. The van der Waals surface area contributed by atoms with Crippen molar-refractivity contribution in [2.45, 2.75) is 13.8 Å². The Hall–Kier alpha value is -1.89. The van der Waals surface area contributed by atoms with E-state index in [2.05, 4.69) is 20.6 Å². The van der Waals surface area contributed by atoms with E-state index in [4.69, 9.17) is 4.74 Å². The minimum absolute atomic E-state index is 0.0624. The summed E-state index contributed by atoms with van der Waals surface area (Å²) in [4.78, 5) is 22.0. The number of ether oxygens (including phenoxy) is 1. The number of aromatic nitrogens is 2. The van der Waals surface area contributed by atoms with Crippen molar-refractivity contribution in [3.05, 3.63) is 11.9 Å². The Morgan fingerprint density at radius 1 is 1.45 bits per heavy atom. The van der Waals surface area contributed by atoms with Gasteiger partial charge in [0.25, 0.3) is 0 Å². The number of hydrogen-bond acceptors (Lipinski definition) is 6. The summed E-state index contributed by atoms with van der Waals surface area (Å²) in [6, 6.07) is 0. The van der Waals surface area contributed by atoms with Crippen molar-refractivity contribution < 1.29 is 9.53 Å². The molecule has 20 heavy (non-hydrogen) atoms. The standard InChI is InChI=1S/C13H23N5O2/c1-5-14-12-10(2)13(17-9-16-12)18(3)8-11(19)15-6-7-20-4/h9H,5-8H2,1-4H3,(H,15,19)(H,14,16,17). The van der Waals surface area contributed by atoms with E-state index in [1.807, 2.05) is 20.9 Å². The number of hydrogen-bond donors (Lipinski definition) is 2. The molecule has 1 rings (SSSR count). The van der Waals surface area contributed by atoms with Gasteiger partial charge in [0.05, 0.1) is 13.2 Å². The number of carbonyl (C=O) groups is 1. The van der Waals surface area contributed by atoms with Crippen molar-refractivity contribution in [2.24, 2.45) is 0 Å². The number of amides is 1. The molecule has 0 aliphatic rings. The van der Waals surface area contributed by atoms with Gasteiger partial charge in [-0.25, -0.2) is 9.97 Å². The average molecular weight is 281 g/mol. The van der Waals surface area contributed by atoms with Crippen LogP contribution in [0.15, 0.2) is 6.33 Å². The van der Waals surface area contributed by atoms with E-state index in [0.717, 1.165) is 23.7 Å². The molecular weight excluding hydrogens is 258 g/mol. The molecule has 1 heterocycles. The second-order valence-electron chi connectivity index (χ2n) is 4.40. The Labute approximate surface area is 119 Å². The zero-order valence-corrected chi connectivity index (χ0v) is 12.6. The lowest BCUT2D eigenvalue weighted by atomic mass is 10.3. The molecule has 0 spiro atoms. The molecule has 0 fully saturated rings. The average Bonchev–Trinajstić information content (AvgIpc) is 2.41. The number of likely N-dealkylation sites (N-methyl/N-ethyl adjacent to an activating group) is 1. The minimum atomic E-state index is -0.0624. The fourth-order valence-electron chi connectivity index (χ4n) is 1.81. The van der Waals surface area contributed by atoms with Crippen LogP contribution in [0.4, 0.5) is 11.6 Å². The van der Waals surface area contributed by atoms with Gasteiger partial charge in [-0.15, -0.1) is 0 Å². The molecule has 1 aromatic rings. The van der Waals surface area contributed by atoms with Crippen molar-refractivity contribution in [3.8, 4) is 0 Å². The highest BCUT2D eigenvalue weighted by molar-refractivity contribution is 5.81. The summed E-state index contributed by atoms with van der Waals surface area (Å²) in [5, 5.41) is 5.95. The maximum atomic E-state index is 11.8. The van der Waals surface area contributed by atoms with Crippen LogP contribution in [0.25, 0.3) is 0 Å². The second-order valence-corrected chi connectivity index (χ2v) is 4.40. The first-order valence-electron chi connectivity index (χ1n) is 6.62. The highest BCUT2D eigenvalue weighted by atomic mass is 16.5. The van der Waals surface area contributed by atoms with Gasteiger partial charge in [0.2, 0.25) is 5.91 Å². The minimum Gasteiger partial charge on any atom is -0.383 e. The third-order valence-electron chi connectivity index (χ3n) is 2.77. The Morgan fingerprint density at radius 3 is 2.85 bits per heavy atom. The van der Waals surface area contributed by atoms with E-state index in [0.29, 0.717) is 13.2 Å². The number of rotatable bonds is 8. The quantitative estimate of drug-likeness (QED) is 0.672. The molecular formula is C13H23N5O2. The molecule has 0 atom stereocenters. The molecule has 112 valence electrons. The maximum Gasteiger partial charge on any atom is 0.239 e. The van der Waals surface area contributed by atoms with Crippen LogP contribution in [0, 0.1) is 6.92 Å². The third kappa shape index (κ3) is 4.65. The van der Waals surface area contributed by atoms with Crippen molar-refractivity contribution in [1.29, 1.82) is 0 Å². The predicted octanol–water partition coefficient (Wildman–Crippen LogP) is 0.416. The van der Waals surface area contributed by atoms with Crippen LogP contribution in [0.1, 0.15) is 12.5 Å². The van der Waals surface area contributed by atoms with Crippen molar-refractivity contribution >= 4 is 17.5 Å². The van der Waals surface area contributed by atoms with E-state index in [1.165, 1.54) is 6.33 Å². The smallest absolute Gasteiger partial charge is 0.239 e. The maximum absolute atomic E-state index is 11.8. The second kappa shape index (κ2) is 8.31. The fraction of sp³-hybridized carbons (Fsp3) is 0.615. The van der Waals surface area contributed by atoms with Gasteiger partial charge in [-0.3, -0.25) is 4.79 Å². The Morgan fingerprint density at radius 2 is 2.20 bits per heavy atom. The Kier molecular flexibility index (Phi) is 6.72. The molecule has 0 aliphatic carbocycles. The monoisotopic (exact) mass is 281 g/mol. The summed E-state index contributed by atoms with van der Waals surface area (Å²) in [7, 11) is 3.44. The molecule has 2 N–H and O–H groups in total. The normalized spacial score (nSPS) is 10.2. The molecule has 1 aromatic heterocycles. The summed E-state index contributed by atoms with van der Waals surface area (Å²) < 4.78 is 4.89. The van der Waals surface area contributed by atoms with E-state index >= 15 is 0 Å². The summed E-state index contributed by atoms with van der Waals surface area (Å²) >= 11 is 0. The predicted molar refractivity (Wildman–Crippen MR) is 79.1 cm³/mol. The summed E-state index contributed by atoms with van der Waals surface area (Å²) in [5.41, 5.74) is 0.932. The number of nitrogens with zero attached hydrogens (tertiary/aromatic N) is 3. The Balaban J connectivity index is 2.65. The van der Waals surface area contributed by atoms with E-state index in [9.17, 15) is 4.79 Å². The van der Waals surface area contributed by atoms with Gasteiger partial charge >= 0.3 is 0 Å². The molecule has 1 amide bonds. The summed E-state index contributed by atoms with van der Waals surface area (Å²) in [6.07, 6.45) is 1.50. The van der Waals surface area contributed by atoms with Gasteiger partial charge < -0.3 is 20.3 Å². The van der Waals surface area contributed by atoms with Crippen LogP contribution in [0.5, 0.6) is 0 Å². The topological polar surface area (TPSA) is 79.4 Å². The number of nitrogens with one attached hydrogen (secondary N) is 2. The number of anilines is 2. The lowest BCUT2D eigenvalue weighted by Crippen LogP contribution is -2.37. The largest absolute Gasteiger partial charge is 0.383 e. The SMILES string of the molecule is CCNc1ncnc(N(C)CC(=O)NCCOC)c1C. The van der Waals surface area contributed by atoms with Crippen LogP contribution in [-0.4, -0.2) is 56.3 Å². The summed E-state index contributed by atoms with van der Waals surface area (Å²) in [6.45, 7) is 5.99. The lowest BCUT2D eigenvalue weighted by Gasteiger charge is -2.20. The van der Waals surface area contributed by atoms with Gasteiger partial charge in [-0.2, -0.15) is 0 Å². The summed E-state index contributed by atoms with van der Waals surface area (Å²) in [5.74, 6) is 1.48. The molecule has 0 aliphatic heterocycles. The molecule has 0 bridgehead atoms. The van der Waals surface area contributed by atoms with Crippen LogP contribution >= 0.6 is 0 Å². The van der Waals surface area contributed by atoms with Crippen LogP contribution in [-0.2, 0) is 9.53 Å². The van der Waals surface area contributed by atoms with Crippen LogP contribution in [0.3, 0.4) is 0 Å².